The molecule has 4 heterocycles. The predicted molar refractivity (Wildman–Crippen MR) is 101 cm³/mol. The van der Waals surface area contributed by atoms with Gasteiger partial charge in [-0.1, -0.05) is 0 Å². The fourth-order valence-corrected chi connectivity index (χ4v) is 3.30. The summed E-state index contributed by atoms with van der Waals surface area (Å²) >= 11 is 0. The second-order valence-electron chi connectivity index (χ2n) is 6.68. The van der Waals surface area contributed by atoms with Gasteiger partial charge in [0.1, 0.15) is 5.69 Å². The third-order valence-electron chi connectivity index (χ3n) is 4.72. The van der Waals surface area contributed by atoms with Crippen LogP contribution in [-0.4, -0.2) is 30.7 Å². The zero-order valence-corrected chi connectivity index (χ0v) is 15.2. The maximum atomic E-state index is 12.8. The molecule has 0 N–H and O–H groups in total. The number of amides is 1. The third-order valence-corrected chi connectivity index (χ3v) is 4.72. The number of nitrogens with zero attached hydrogens (tertiary/aromatic N) is 5. The van der Waals surface area contributed by atoms with Gasteiger partial charge in [-0.2, -0.15) is 0 Å². The first-order chi connectivity index (χ1) is 13.5. The van der Waals surface area contributed by atoms with E-state index in [1.54, 1.807) is 35.6 Å². The molecule has 0 saturated heterocycles. The van der Waals surface area contributed by atoms with Gasteiger partial charge in [0.15, 0.2) is 0 Å². The minimum absolute atomic E-state index is 0.134. The largest absolute Gasteiger partial charge is 0.334 e. The highest BCUT2D eigenvalue weighted by atomic mass is 16.6. The average Bonchev–Trinajstić information content (AvgIpc) is 3.12. The van der Waals surface area contributed by atoms with Crippen LogP contribution in [0.4, 0.5) is 5.69 Å². The number of aryl methyl sites for hydroxylation is 1. The number of hydrogen-bond acceptors (Lipinski definition) is 6. The maximum absolute atomic E-state index is 12.8. The van der Waals surface area contributed by atoms with Gasteiger partial charge in [-0.3, -0.25) is 24.9 Å². The highest BCUT2D eigenvalue weighted by Crippen LogP contribution is 2.26. The van der Waals surface area contributed by atoms with Gasteiger partial charge in [-0.25, -0.2) is 4.98 Å². The molecule has 0 radical (unpaired) electrons. The zero-order valence-electron chi connectivity index (χ0n) is 15.2. The zero-order chi connectivity index (χ0) is 19.7. The molecule has 0 spiro atoms. The lowest BCUT2D eigenvalue weighted by molar-refractivity contribution is -0.385. The molecular weight excluding hydrogens is 358 g/mol. The van der Waals surface area contributed by atoms with Gasteiger partial charge in [-0.15, -0.1) is 0 Å². The molecule has 0 unspecified atom stereocenters. The van der Waals surface area contributed by atoms with Crippen molar-refractivity contribution in [3.05, 3.63) is 81.6 Å². The van der Waals surface area contributed by atoms with Crippen molar-refractivity contribution in [3.8, 4) is 11.3 Å². The molecule has 8 nitrogen and oxygen atoms in total. The number of carbonyl (C=O) groups is 1. The molecule has 0 aliphatic carbocycles. The van der Waals surface area contributed by atoms with Crippen LogP contribution in [0.15, 0.2) is 48.9 Å². The van der Waals surface area contributed by atoms with E-state index in [4.69, 9.17) is 0 Å². The number of fused-ring (bicyclic) bond motifs is 1. The van der Waals surface area contributed by atoms with Crippen LogP contribution in [0.2, 0.25) is 0 Å². The Morgan fingerprint density at radius 2 is 2.04 bits per heavy atom. The smallest absolute Gasteiger partial charge is 0.291 e. The molecule has 3 aromatic rings. The Balaban J connectivity index is 1.60. The van der Waals surface area contributed by atoms with E-state index < -0.39 is 4.92 Å². The lowest BCUT2D eigenvalue weighted by Gasteiger charge is -2.15. The molecule has 0 bridgehead atoms. The van der Waals surface area contributed by atoms with Crippen LogP contribution in [0, 0.1) is 17.0 Å². The van der Waals surface area contributed by atoms with Crippen molar-refractivity contribution in [2.45, 2.75) is 26.4 Å². The summed E-state index contributed by atoms with van der Waals surface area (Å²) in [6, 6.07) is 8.51. The normalized spacial score (nSPS) is 12.7. The topological polar surface area (TPSA) is 102 Å². The van der Waals surface area contributed by atoms with Crippen LogP contribution < -0.4 is 0 Å². The molecule has 28 heavy (non-hydrogen) atoms. The predicted octanol–water partition coefficient (Wildman–Crippen LogP) is 2.84. The van der Waals surface area contributed by atoms with Crippen LogP contribution >= 0.6 is 0 Å². The van der Waals surface area contributed by atoms with Crippen LogP contribution in [0.5, 0.6) is 0 Å². The first-order valence-electron chi connectivity index (χ1n) is 8.78. The molecule has 0 fully saturated rings. The molecule has 8 heteroatoms. The van der Waals surface area contributed by atoms with Crippen LogP contribution in [0.1, 0.15) is 22.5 Å². The summed E-state index contributed by atoms with van der Waals surface area (Å²) in [6.45, 7) is 2.84. The fourth-order valence-electron chi connectivity index (χ4n) is 3.30. The van der Waals surface area contributed by atoms with Crippen molar-refractivity contribution in [1.29, 1.82) is 0 Å². The lowest BCUT2D eigenvalue weighted by Crippen LogP contribution is -2.27. The Hall–Kier alpha value is -3.68. The van der Waals surface area contributed by atoms with Crippen molar-refractivity contribution >= 4 is 11.6 Å². The molecule has 0 atom stereocenters. The summed E-state index contributed by atoms with van der Waals surface area (Å²) in [5.41, 5.74) is 4.25. The minimum Gasteiger partial charge on any atom is -0.334 e. The van der Waals surface area contributed by atoms with E-state index in [1.807, 2.05) is 19.1 Å². The second-order valence-corrected chi connectivity index (χ2v) is 6.68. The van der Waals surface area contributed by atoms with Crippen molar-refractivity contribution in [1.82, 2.24) is 19.9 Å². The van der Waals surface area contributed by atoms with Crippen LogP contribution in [0.3, 0.4) is 0 Å². The van der Waals surface area contributed by atoms with Crippen molar-refractivity contribution in [3.63, 3.8) is 0 Å². The Kier molecular flexibility index (Phi) is 4.52. The van der Waals surface area contributed by atoms with Crippen molar-refractivity contribution in [2.24, 2.45) is 0 Å². The highest BCUT2D eigenvalue weighted by Gasteiger charge is 2.27. The Labute approximate surface area is 161 Å². The van der Waals surface area contributed by atoms with E-state index in [1.165, 1.54) is 6.07 Å². The summed E-state index contributed by atoms with van der Waals surface area (Å²) in [6.07, 6.45) is 4.92. The Morgan fingerprint density at radius 3 is 2.79 bits per heavy atom. The summed E-state index contributed by atoms with van der Waals surface area (Å²) in [7, 11) is 0. The molecule has 1 aliphatic rings. The third kappa shape index (κ3) is 3.44. The number of hydrogen-bond donors (Lipinski definition) is 0. The molecule has 3 aromatic heterocycles. The SMILES string of the molecule is Cc1cc2c(cn1)CN(C(=O)Cc1nc(-c3cccnc3)ccc1[N+](=O)[O-])C2. The van der Waals surface area contributed by atoms with Crippen LogP contribution in [-0.2, 0) is 24.3 Å². The number of nitro groups is 1. The van der Waals surface area contributed by atoms with Gasteiger partial charge in [-0.05, 0) is 42.3 Å². The van der Waals surface area contributed by atoms with Crippen molar-refractivity contribution < 1.29 is 9.72 Å². The van der Waals surface area contributed by atoms with E-state index in [0.717, 1.165) is 22.4 Å². The molecule has 1 amide bonds. The standard InChI is InChI=1S/C20H17N5O3/c1-13-7-15-11-24(12-16(15)10-22-13)20(26)8-18-19(25(27)28)5-4-17(23-18)14-3-2-6-21-9-14/h2-7,9-10H,8,11-12H2,1H3. The number of carbonyl (C=O) groups excluding carboxylic acids is 1. The fraction of sp³-hybridized carbons (Fsp3) is 0.200. The monoisotopic (exact) mass is 375 g/mol. The number of pyridine rings is 3. The molecule has 140 valence electrons. The summed E-state index contributed by atoms with van der Waals surface area (Å²) in [4.78, 5) is 38.1. The van der Waals surface area contributed by atoms with Crippen LogP contribution in [0.25, 0.3) is 11.3 Å². The molecule has 0 aromatic carbocycles. The molecule has 1 aliphatic heterocycles. The first kappa shape index (κ1) is 17.7. The Morgan fingerprint density at radius 1 is 1.21 bits per heavy atom. The van der Waals surface area contributed by atoms with E-state index in [0.29, 0.717) is 18.8 Å². The maximum Gasteiger partial charge on any atom is 0.291 e. The van der Waals surface area contributed by atoms with Gasteiger partial charge >= 0.3 is 0 Å². The summed E-state index contributed by atoms with van der Waals surface area (Å²) in [5, 5.41) is 11.4. The van der Waals surface area contributed by atoms with E-state index in [-0.39, 0.29) is 23.7 Å². The summed E-state index contributed by atoms with van der Waals surface area (Å²) < 4.78 is 0. The van der Waals surface area contributed by atoms with E-state index in [9.17, 15) is 14.9 Å². The minimum atomic E-state index is -0.505. The summed E-state index contributed by atoms with van der Waals surface area (Å²) in [5.74, 6) is -0.201. The molecule has 4 rings (SSSR count). The molecular formula is C20H17N5O3. The number of rotatable bonds is 4. The van der Waals surface area contributed by atoms with Gasteiger partial charge in [0.05, 0.1) is 17.0 Å². The lowest BCUT2D eigenvalue weighted by atomic mass is 10.1. The highest BCUT2D eigenvalue weighted by molar-refractivity contribution is 5.80. The van der Waals surface area contributed by atoms with E-state index >= 15 is 0 Å². The molecule has 0 saturated carbocycles. The average molecular weight is 375 g/mol. The Bertz CT molecular complexity index is 1070. The second kappa shape index (κ2) is 7.15. The van der Waals surface area contributed by atoms with E-state index in [2.05, 4.69) is 15.0 Å². The quantitative estimate of drug-likeness (QED) is 0.513. The van der Waals surface area contributed by atoms with Gasteiger partial charge in [0.2, 0.25) is 5.91 Å². The first-order valence-corrected chi connectivity index (χ1v) is 8.78. The van der Waals surface area contributed by atoms with Gasteiger partial charge in [0, 0.05) is 49.0 Å². The number of aromatic nitrogens is 3. The van der Waals surface area contributed by atoms with Gasteiger partial charge in [0.25, 0.3) is 5.69 Å². The van der Waals surface area contributed by atoms with Crippen molar-refractivity contribution in [2.75, 3.05) is 0 Å². The van der Waals surface area contributed by atoms with Gasteiger partial charge < -0.3 is 4.90 Å².